The molecule has 1 aromatic carbocycles. The summed E-state index contributed by atoms with van der Waals surface area (Å²) in [6, 6.07) is 8.35. The van der Waals surface area contributed by atoms with E-state index >= 15 is 0 Å². The Hall–Kier alpha value is -1.85. The van der Waals surface area contributed by atoms with Crippen molar-refractivity contribution in [2.75, 3.05) is 0 Å². The third-order valence-electron chi connectivity index (χ3n) is 4.70. The second-order valence-electron chi connectivity index (χ2n) is 7.05. The molecule has 1 aliphatic carbocycles. The van der Waals surface area contributed by atoms with Crippen LogP contribution in [0.2, 0.25) is 0 Å². The molecule has 4 rings (SSSR count). The molecule has 0 atom stereocenters. The van der Waals surface area contributed by atoms with E-state index in [2.05, 4.69) is 47.3 Å². The number of benzene rings is 1. The minimum absolute atomic E-state index is 0.0769. The highest BCUT2D eigenvalue weighted by molar-refractivity contribution is 7.99. The molecule has 0 fully saturated rings. The number of hydrogen-bond donors (Lipinski definition) is 0. The molecule has 0 saturated carbocycles. The Bertz CT molecular complexity index is 1040. The lowest BCUT2D eigenvalue weighted by Gasteiger charge is -2.14. The van der Waals surface area contributed by atoms with Gasteiger partial charge in [0, 0.05) is 16.3 Å². The molecule has 5 heteroatoms. The first kappa shape index (κ1) is 17.6. The first-order chi connectivity index (χ1) is 12.5. The molecule has 134 valence electrons. The second kappa shape index (κ2) is 7.05. The van der Waals surface area contributed by atoms with Gasteiger partial charge in [0.05, 0.1) is 5.39 Å². The molecular formula is C21H22N2OS2. The van der Waals surface area contributed by atoms with Crippen molar-refractivity contribution in [2.45, 2.75) is 56.1 Å². The Kier molecular flexibility index (Phi) is 4.76. The van der Waals surface area contributed by atoms with Crippen LogP contribution in [0.4, 0.5) is 0 Å². The van der Waals surface area contributed by atoms with Gasteiger partial charge in [0.25, 0.3) is 5.56 Å². The molecule has 2 heterocycles. The molecule has 0 unspecified atom stereocenters. The molecule has 26 heavy (non-hydrogen) atoms. The van der Waals surface area contributed by atoms with E-state index in [0.29, 0.717) is 6.54 Å². The van der Waals surface area contributed by atoms with Crippen LogP contribution in [-0.2, 0) is 19.4 Å². The summed E-state index contributed by atoms with van der Waals surface area (Å²) in [6.45, 7) is 8.88. The molecule has 3 aromatic rings. The highest BCUT2D eigenvalue weighted by atomic mass is 32.2. The predicted octanol–water partition coefficient (Wildman–Crippen LogP) is 5.37. The van der Waals surface area contributed by atoms with Crippen LogP contribution in [0.5, 0.6) is 0 Å². The molecule has 1 aliphatic rings. The molecule has 0 saturated heterocycles. The van der Waals surface area contributed by atoms with Crippen molar-refractivity contribution in [3.05, 3.63) is 62.8 Å². The highest BCUT2D eigenvalue weighted by Gasteiger charge is 2.22. The third-order valence-corrected chi connectivity index (χ3v) is 7.01. The SMILES string of the molecule is C=C(C)Cn1c(Sc2ccc(C)cc2)nc(=O)c2c3c(sc21)CCCC3. The highest BCUT2D eigenvalue weighted by Crippen LogP contribution is 2.37. The quantitative estimate of drug-likeness (QED) is 0.449. The summed E-state index contributed by atoms with van der Waals surface area (Å²) in [5, 5.41) is 1.60. The summed E-state index contributed by atoms with van der Waals surface area (Å²) >= 11 is 3.34. The van der Waals surface area contributed by atoms with Crippen molar-refractivity contribution < 1.29 is 0 Å². The largest absolute Gasteiger partial charge is 0.307 e. The van der Waals surface area contributed by atoms with Crippen molar-refractivity contribution in [3.8, 4) is 0 Å². The first-order valence-electron chi connectivity index (χ1n) is 8.97. The van der Waals surface area contributed by atoms with Crippen LogP contribution in [0.1, 0.15) is 35.8 Å². The lowest BCUT2D eigenvalue weighted by atomic mass is 9.97. The summed E-state index contributed by atoms with van der Waals surface area (Å²) in [6.07, 6.45) is 4.47. The summed E-state index contributed by atoms with van der Waals surface area (Å²) in [5.41, 5.74) is 3.46. The van der Waals surface area contributed by atoms with Crippen molar-refractivity contribution in [3.63, 3.8) is 0 Å². The van der Waals surface area contributed by atoms with Crippen LogP contribution in [0.3, 0.4) is 0 Å². The molecule has 0 amide bonds. The number of aromatic nitrogens is 2. The van der Waals surface area contributed by atoms with Gasteiger partial charge in [-0.3, -0.25) is 4.79 Å². The van der Waals surface area contributed by atoms with Crippen molar-refractivity contribution in [1.29, 1.82) is 0 Å². The van der Waals surface area contributed by atoms with Crippen LogP contribution in [0.25, 0.3) is 10.2 Å². The number of aryl methyl sites for hydroxylation is 3. The van der Waals surface area contributed by atoms with E-state index < -0.39 is 0 Å². The summed E-state index contributed by atoms with van der Waals surface area (Å²) in [7, 11) is 0. The summed E-state index contributed by atoms with van der Waals surface area (Å²) in [4.78, 5) is 20.9. The van der Waals surface area contributed by atoms with Crippen LogP contribution < -0.4 is 5.56 Å². The van der Waals surface area contributed by atoms with Crippen LogP contribution >= 0.6 is 23.1 Å². The van der Waals surface area contributed by atoms with Gasteiger partial charge in [-0.2, -0.15) is 4.98 Å². The fraction of sp³-hybridized carbons (Fsp3) is 0.333. The second-order valence-corrected chi connectivity index (χ2v) is 9.17. The van der Waals surface area contributed by atoms with Gasteiger partial charge in [-0.05, 0) is 57.2 Å². The average Bonchev–Trinajstić information content (AvgIpc) is 3.00. The fourth-order valence-corrected chi connectivity index (χ4v) is 5.77. The van der Waals surface area contributed by atoms with Gasteiger partial charge in [-0.1, -0.05) is 41.6 Å². The van der Waals surface area contributed by atoms with Gasteiger partial charge in [0.15, 0.2) is 5.16 Å². The number of fused-ring (bicyclic) bond motifs is 3. The minimum Gasteiger partial charge on any atom is -0.307 e. The van der Waals surface area contributed by atoms with Crippen LogP contribution in [-0.4, -0.2) is 9.55 Å². The number of thiophene rings is 1. The monoisotopic (exact) mass is 382 g/mol. The maximum absolute atomic E-state index is 12.9. The smallest absolute Gasteiger partial charge is 0.282 e. The summed E-state index contributed by atoms with van der Waals surface area (Å²) in [5.74, 6) is 0. The van der Waals surface area contributed by atoms with E-state index in [1.54, 1.807) is 23.1 Å². The van der Waals surface area contributed by atoms with E-state index in [-0.39, 0.29) is 5.56 Å². The molecular weight excluding hydrogens is 360 g/mol. The van der Waals surface area contributed by atoms with E-state index in [1.165, 1.54) is 28.8 Å². The predicted molar refractivity (Wildman–Crippen MR) is 111 cm³/mol. The zero-order chi connectivity index (χ0) is 18.3. The van der Waals surface area contributed by atoms with Crippen molar-refractivity contribution >= 4 is 33.3 Å². The molecule has 2 aromatic heterocycles. The number of nitrogens with zero attached hydrogens (tertiary/aromatic N) is 2. The maximum atomic E-state index is 12.9. The normalized spacial score (nSPS) is 13.8. The van der Waals surface area contributed by atoms with Crippen LogP contribution in [0, 0.1) is 6.92 Å². The number of hydrogen-bond acceptors (Lipinski definition) is 4. The molecule has 3 nitrogen and oxygen atoms in total. The average molecular weight is 383 g/mol. The molecule has 0 aliphatic heterocycles. The Labute approximate surface area is 161 Å². The van der Waals surface area contributed by atoms with Gasteiger partial charge < -0.3 is 4.57 Å². The molecule has 0 bridgehead atoms. The Morgan fingerprint density at radius 2 is 2.00 bits per heavy atom. The lowest BCUT2D eigenvalue weighted by Crippen LogP contribution is -2.16. The first-order valence-corrected chi connectivity index (χ1v) is 10.6. The Morgan fingerprint density at radius 1 is 1.27 bits per heavy atom. The van der Waals surface area contributed by atoms with E-state index in [0.717, 1.165) is 38.7 Å². The summed E-state index contributed by atoms with van der Waals surface area (Å²) < 4.78 is 2.19. The number of rotatable bonds is 4. The topological polar surface area (TPSA) is 34.9 Å². The van der Waals surface area contributed by atoms with E-state index in [1.807, 2.05) is 6.92 Å². The zero-order valence-corrected chi connectivity index (χ0v) is 16.8. The van der Waals surface area contributed by atoms with Gasteiger partial charge in [0.2, 0.25) is 0 Å². The molecule has 0 N–H and O–H groups in total. The number of allylic oxidation sites excluding steroid dienone is 1. The van der Waals surface area contributed by atoms with Gasteiger partial charge >= 0.3 is 0 Å². The molecule has 0 radical (unpaired) electrons. The van der Waals surface area contributed by atoms with Gasteiger partial charge in [-0.15, -0.1) is 11.3 Å². The third kappa shape index (κ3) is 3.26. The van der Waals surface area contributed by atoms with Crippen molar-refractivity contribution in [1.82, 2.24) is 9.55 Å². The maximum Gasteiger partial charge on any atom is 0.282 e. The zero-order valence-electron chi connectivity index (χ0n) is 15.2. The van der Waals surface area contributed by atoms with E-state index in [4.69, 9.17) is 0 Å². The van der Waals surface area contributed by atoms with Gasteiger partial charge in [-0.25, -0.2) is 0 Å². The van der Waals surface area contributed by atoms with E-state index in [9.17, 15) is 4.79 Å². The van der Waals surface area contributed by atoms with Gasteiger partial charge in [0.1, 0.15) is 4.83 Å². The van der Waals surface area contributed by atoms with Crippen molar-refractivity contribution in [2.24, 2.45) is 0 Å². The Morgan fingerprint density at radius 3 is 2.73 bits per heavy atom. The minimum atomic E-state index is -0.0769. The fourth-order valence-electron chi connectivity index (χ4n) is 3.45. The molecule has 0 spiro atoms. The Balaban J connectivity index is 1.90. The van der Waals surface area contributed by atoms with Crippen LogP contribution in [0.15, 0.2) is 51.3 Å². The standard InChI is InChI=1S/C21H22N2OS2/c1-13(2)12-23-20-18(16-6-4-5-7-17(16)26-20)19(24)22-21(23)25-15-10-8-14(3)9-11-15/h8-11H,1,4-7,12H2,2-3H3. The lowest BCUT2D eigenvalue weighted by molar-refractivity contribution is 0.688.